The average molecular weight is 297 g/mol. The summed E-state index contributed by atoms with van der Waals surface area (Å²) in [7, 11) is 3.38. The molecule has 0 spiro atoms. The Morgan fingerprint density at radius 3 is 2.15 bits per heavy atom. The third kappa shape index (κ3) is 5.63. The topological polar surface area (TPSA) is 30.5 Å². The largest absolute Gasteiger partial charge is 0.497 e. The molecule has 0 heterocycles. The number of benzene rings is 1. The van der Waals surface area contributed by atoms with E-state index in [2.05, 4.69) is 38.2 Å². The molecule has 20 heavy (non-hydrogen) atoms. The summed E-state index contributed by atoms with van der Waals surface area (Å²) in [5, 5.41) is 4.24. The molecule has 1 N–H and O–H groups in total. The second-order valence-electron chi connectivity index (χ2n) is 5.03. The van der Waals surface area contributed by atoms with Gasteiger partial charge in [-0.25, -0.2) is 0 Å². The number of thioether (sulfide) groups is 1. The van der Waals surface area contributed by atoms with E-state index in [4.69, 9.17) is 9.47 Å². The second-order valence-corrected chi connectivity index (χ2v) is 6.64. The number of hydrogen-bond donors (Lipinski definition) is 1. The monoisotopic (exact) mass is 297 g/mol. The van der Waals surface area contributed by atoms with Crippen molar-refractivity contribution in [1.29, 1.82) is 0 Å². The Morgan fingerprint density at radius 1 is 1.10 bits per heavy atom. The summed E-state index contributed by atoms with van der Waals surface area (Å²) >= 11 is 1.97. The zero-order valence-corrected chi connectivity index (χ0v) is 14.0. The Bertz CT molecular complexity index is 374. The fraction of sp³-hybridized carbons (Fsp3) is 0.625. The zero-order chi connectivity index (χ0) is 15.0. The van der Waals surface area contributed by atoms with Gasteiger partial charge in [0, 0.05) is 17.9 Å². The number of ether oxygens (including phenoxy) is 2. The molecule has 3 nitrogen and oxygen atoms in total. The highest BCUT2D eigenvalue weighted by Gasteiger charge is 2.14. The third-order valence-corrected chi connectivity index (χ3v) is 4.21. The fourth-order valence-electron chi connectivity index (χ4n) is 1.91. The Labute approximate surface area is 127 Å². The molecule has 1 aromatic carbocycles. The Hall–Kier alpha value is -0.870. The predicted octanol–water partition coefficient (Wildman–Crippen LogP) is 3.89. The van der Waals surface area contributed by atoms with Gasteiger partial charge in [0.15, 0.2) is 0 Å². The van der Waals surface area contributed by atoms with Crippen molar-refractivity contribution in [1.82, 2.24) is 5.32 Å². The number of nitrogens with one attached hydrogen (secondary N) is 1. The maximum atomic E-state index is 5.36. The minimum absolute atomic E-state index is 0.325. The normalized spacial score (nSPS) is 12.5. The summed E-state index contributed by atoms with van der Waals surface area (Å²) in [5.41, 5.74) is 1.22. The molecular weight excluding hydrogens is 270 g/mol. The van der Waals surface area contributed by atoms with Gasteiger partial charge in [-0.1, -0.05) is 20.8 Å². The minimum atomic E-state index is 0.325. The fourth-order valence-corrected chi connectivity index (χ4v) is 2.80. The molecule has 1 atom stereocenters. The van der Waals surface area contributed by atoms with E-state index < -0.39 is 0 Å². The Balaban J connectivity index is 2.91. The van der Waals surface area contributed by atoms with E-state index in [9.17, 15) is 0 Å². The average Bonchev–Trinajstić information content (AvgIpc) is 2.46. The van der Waals surface area contributed by atoms with Crippen LogP contribution >= 0.6 is 11.8 Å². The molecule has 0 amide bonds. The summed E-state index contributed by atoms with van der Waals surface area (Å²) in [6.07, 6.45) is 1.13. The summed E-state index contributed by atoms with van der Waals surface area (Å²) < 4.78 is 10.7. The number of rotatable bonds is 9. The molecule has 0 saturated carbocycles. The maximum Gasteiger partial charge on any atom is 0.122 e. The van der Waals surface area contributed by atoms with Gasteiger partial charge in [0.1, 0.15) is 11.5 Å². The standard InChI is InChI=1S/C16H27NO2S/c1-6-7-17-16(11-20-12(2)3)13-8-14(18-4)10-15(9-13)19-5/h8-10,12,16-17H,6-7,11H2,1-5H3. The summed E-state index contributed by atoms with van der Waals surface area (Å²) in [5.74, 6) is 2.74. The first-order valence-corrected chi connectivity index (χ1v) is 8.23. The van der Waals surface area contributed by atoms with Gasteiger partial charge >= 0.3 is 0 Å². The highest BCUT2D eigenvalue weighted by atomic mass is 32.2. The van der Waals surface area contributed by atoms with Crippen LogP contribution in [0.3, 0.4) is 0 Å². The van der Waals surface area contributed by atoms with Gasteiger partial charge in [-0.3, -0.25) is 0 Å². The maximum absolute atomic E-state index is 5.36. The molecule has 4 heteroatoms. The molecule has 114 valence electrons. The van der Waals surface area contributed by atoms with Gasteiger partial charge in [-0.2, -0.15) is 11.8 Å². The lowest BCUT2D eigenvalue weighted by Gasteiger charge is -2.21. The molecule has 0 fully saturated rings. The van der Waals surface area contributed by atoms with Crippen molar-refractivity contribution in [2.75, 3.05) is 26.5 Å². The van der Waals surface area contributed by atoms with Crippen LogP contribution in [0.25, 0.3) is 0 Å². The van der Waals surface area contributed by atoms with Crippen LogP contribution in [0.4, 0.5) is 0 Å². The van der Waals surface area contributed by atoms with Crippen molar-refractivity contribution >= 4 is 11.8 Å². The molecule has 1 unspecified atom stereocenters. The van der Waals surface area contributed by atoms with Crippen LogP contribution in [0.5, 0.6) is 11.5 Å². The van der Waals surface area contributed by atoms with Gasteiger partial charge in [0.25, 0.3) is 0 Å². The Morgan fingerprint density at radius 2 is 1.70 bits per heavy atom. The molecule has 0 radical (unpaired) electrons. The lowest BCUT2D eigenvalue weighted by molar-refractivity contribution is 0.392. The summed E-state index contributed by atoms with van der Waals surface area (Å²) in [4.78, 5) is 0. The predicted molar refractivity (Wildman–Crippen MR) is 88.2 cm³/mol. The molecule has 0 saturated heterocycles. The zero-order valence-electron chi connectivity index (χ0n) is 13.2. The second kappa shape index (κ2) is 9.14. The van der Waals surface area contributed by atoms with Crippen molar-refractivity contribution in [3.05, 3.63) is 23.8 Å². The smallest absolute Gasteiger partial charge is 0.122 e. The van der Waals surface area contributed by atoms with E-state index in [1.165, 1.54) is 5.56 Å². The van der Waals surface area contributed by atoms with Crippen molar-refractivity contribution in [3.8, 4) is 11.5 Å². The van der Waals surface area contributed by atoms with Gasteiger partial charge in [-0.15, -0.1) is 0 Å². The molecule has 1 rings (SSSR count). The molecule has 0 aromatic heterocycles. The number of methoxy groups -OCH3 is 2. The van der Waals surface area contributed by atoms with Crippen molar-refractivity contribution in [3.63, 3.8) is 0 Å². The van der Waals surface area contributed by atoms with E-state index in [-0.39, 0.29) is 0 Å². The van der Waals surface area contributed by atoms with Crippen LogP contribution in [0, 0.1) is 0 Å². The van der Waals surface area contributed by atoms with Crippen LogP contribution in [0.2, 0.25) is 0 Å². The van der Waals surface area contributed by atoms with Crippen LogP contribution in [-0.2, 0) is 0 Å². The molecule has 0 aliphatic heterocycles. The first kappa shape index (κ1) is 17.2. The summed E-state index contributed by atoms with van der Waals surface area (Å²) in [6.45, 7) is 7.66. The highest BCUT2D eigenvalue weighted by Crippen LogP contribution is 2.29. The lowest BCUT2D eigenvalue weighted by Crippen LogP contribution is -2.24. The number of hydrogen-bond acceptors (Lipinski definition) is 4. The van der Waals surface area contributed by atoms with Gasteiger partial charge in [-0.05, 0) is 35.9 Å². The first-order valence-electron chi connectivity index (χ1n) is 7.18. The Kier molecular flexibility index (Phi) is 7.85. The van der Waals surface area contributed by atoms with E-state index in [1.54, 1.807) is 14.2 Å². The SMILES string of the molecule is CCCNC(CSC(C)C)c1cc(OC)cc(OC)c1. The van der Waals surface area contributed by atoms with Gasteiger partial charge in [0.05, 0.1) is 14.2 Å². The van der Waals surface area contributed by atoms with E-state index in [0.29, 0.717) is 11.3 Å². The first-order chi connectivity index (χ1) is 9.60. The highest BCUT2D eigenvalue weighted by molar-refractivity contribution is 7.99. The third-order valence-electron chi connectivity index (χ3n) is 3.01. The molecule has 0 bridgehead atoms. The lowest BCUT2D eigenvalue weighted by atomic mass is 10.1. The van der Waals surface area contributed by atoms with E-state index >= 15 is 0 Å². The molecule has 0 aliphatic rings. The van der Waals surface area contributed by atoms with Gasteiger partial charge in [0.2, 0.25) is 0 Å². The molecule has 0 aliphatic carbocycles. The molecular formula is C16H27NO2S. The van der Waals surface area contributed by atoms with E-state index in [1.807, 2.05) is 17.8 Å². The minimum Gasteiger partial charge on any atom is -0.497 e. The summed E-state index contributed by atoms with van der Waals surface area (Å²) in [6, 6.07) is 6.43. The van der Waals surface area contributed by atoms with Gasteiger partial charge < -0.3 is 14.8 Å². The van der Waals surface area contributed by atoms with Crippen LogP contribution in [0.1, 0.15) is 38.8 Å². The molecule has 1 aromatic rings. The van der Waals surface area contributed by atoms with Crippen molar-refractivity contribution in [2.45, 2.75) is 38.5 Å². The van der Waals surface area contributed by atoms with E-state index in [0.717, 1.165) is 30.2 Å². The van der Waals surface area contributed by atoms with Crippen molar-refractivity contribution < 1.29 is 9.47 Å². The van der Waals surface area contributed by atoms with Crippen molar-refractivity contribution in [2.24, 2.45) is 0 Å². The van der Waals surface area contributed by atoms with Crippen LogP contribution in [0.15, 0.2) is 18.2 Å². The van der Waals surface area contributed by atoms with Crippen LogP contribution < -0.4 is 14.8 Å². The quantitative estimate of drug-likeness (QED) is 0.749. The van der Waals surface area contributed by atoms with Crippen LogP contribution in [-0.4, -0.2) is 31.8 Å².